The van der Waals surface area contributed by atoms with Crippen molar-refractivity contribution < 1.29 is 29.7 Å². The van der Waals surface area contributed by atoms with E-state index in [1.54, 1.807) is 13.8 Å². The van der Waals surface area contributed by atoms with Crippen LogP contribution in [-0.4, -0.2) is 33.2 Å². The van der Waals surface area contributed by atoms with Gasteiger partial charge in [-0.3, -0.25) is 14.4 Å². The van der Waals surface area contributed by atoms with Gasteiger partial charge in [-0.05, 0) is 25.7 Å². The molecule has 0 saturated carbocycles. The Labute approximate surface area is 112 Å². The van der Waals surface area contributed by atoms with Gasteiger partial charge >= 0.3 is 17.9 Å². The molecule has 0 bridgehead atoms. The van der Waals surface area contributed by atoms with Gasteiger partial charge in [0.15, 0.2) is 0 Å². The third kappa shape index (κ3) is 6.79. The van der Waals surface area contributed by atoms with Crippen molar-refractivity contribution in [2.24, 2.45) is 17.8 Å². The molecule has 3 atom stereocenters. The zero-order chi connectivity index (χ0) is 15.0. The van der Waals surface area contributed by atoms with E-state index in [1.165, 1.54) is 0 Å². The van der Waals surface area contributed by atoms with Gasteiger partial charge in [0.1, 0.15) is 0 Å². The highest BCUT2D eigenvalue weighted by atomic mass is 16.4. The Balaban J connectivity index is 4.31. The van der Waals surface area contributed by atoms with Crippen LogP contribution in [-0.2, 0) is 14.4 Å². The van der Waals surface area contributed by atoms with Crippen molar-refractivity contribution >= 4 is 17.9 Å². The molecule has 0 amide bonds. The lowest BCUT2D eigenvalue weighted by atomic mass is 9.88. The first-order chi connectivity index (χ1) is 8.79. The second-order valence-corrected chi connectivity index (χ2v) is 4.88. The van der Waals surface area contributed by atoms with E-state index in [2.05, 4.69) is 0 Å². The normalized spacial score (nSPS) is 15.5. The van der Waals surface area contributed by atoms with Crippen LogP contribution in [0.2, 0.25) is 0 Å². The monoisotopic (exact) mass is 274 g/mol. The Morgan fingerprint density at radius 1 is 0.895 bits per heavy atom. The lowest BCUT2D eigenvalue weighted by Gasteiger charge is -2.17. The number of carbonyl (C=O) groups is 3. The van der Waals surface area contributed by atoms with Gasteiger partial charge < -0.3 is 15.3 Å². The van der Waals surface area contributed by atoms with E-state index >= 15 is 0 Å². The van der Waals surface area contributed by atoms with Crippen LogP contribution < -0.4 is 0 Å². The topological polar surface area (TPSA) is 112 Å². The summed E-state index contributed by atoms with van der Waals surface area (Å²) in [5, 5.41) is 26.7. The molecule has 0 heterocycles. The molecule has 6 nitrogen and oxygen atoms in total. The molecule has 0 aromatic carbocycles. The zero-order valence-electron chi connectivity index (χ0n) is 11.3. The summed E-state index contributed by atoms with van der Waals surface area (Å²) in [5.41, 5.74) is 0. The van der Waals surface area contributed by atoms with Gasteiger partial charge in [-0.15, -0.1) is 0 Å². The maximum absolute atomic E-state index is 11.1. The number of hydrogen-bond donors (Lipinski definition) is 3. The molecule has 0 aromatic heterocycles. The SMILES string of the molecule is CCC(CC(CCCC(C)C(=O)O)C(=O)O)C(=O)O. The molecule has 0 aliphatic rings. The van der Waals surface area contributed by atoms with Gasteiger partial charge in [-0.1, -0.05) is 20.3 Å². The number of carboxylic acid groups (broad SMARTS) is 3. The highest BCUT2D eigenvalue weighted by Crippen LogP contribution is 2.22. The predicted octanol–water partition coefficient (Wildman–Crippen LogP) is 2.08. The fourth-order valence-corrected chi connectivity index (χ4v) is 1.92. The first kappa shape index (κ1) is 17.4. The third-order valence-electron chi connectivity index (χ3n) is 3.37. The smallest absolute Gasteiger partial charge is 0.306 e. The molecule has 0 aliphatic carbocycles. The molecule has 3 N–H and O–H groups in total. The summed E-state index contributed by atoms with van der Waals surface area (Å²) in [6.45, 7) is 3.29. The summed E-state index contributed by atoms with van der Waals surface area (Å²) < 4.78 is 0. The molecule has 0 aromatic rings. The molecule has 0 saturated heterocycles. The zero-order valence-corrected chi connectivity index (χ0v) is 11.3. The van der Waals surface area contributed by atoms with E-state index in [9.17, 15) is 14.4 Å². The molecule has 0 aliphatic heterocycles. The van der Waals surface area contributed by atoms with Crippen LogP contribution in [0.3, 0.4) is 0 Å². The van der Waals surface area contributed by atoms with Crippen LogP contribution in [0.15, 0.2) is 0 Å². The number of hydrogen-bond acceptors (Lipinski definition) is 3. The maximum atomic E-state index is 11.1. The molecule has 0 fully saturated rings. The minimum atomic E-state index is -1.01. The van der Waals surface area contributed by atoms with Gasteiger partial charge in [0.05, 0.1) is 17.8 Å². The standard InChI is InChI=1S/C13H22O6/c1-3-9(12(16)17)7-10(13(18)19)6-4-5-8(2)11(14)15/h8-10H,3-7H2,1-2H3,(H,14,15)(H,16,17)(H,18,19). The van der Waals surface area contributed by atoms with E-state index in [0.717, 1.165) is 0 Å². The third-order valence-corrected chi connectivity index (χ3v) is 3.37. The van der Waals surface area contributed by atoms with Crippen molar-refractivity contribution in [3.8, 4) is 0 Å². The maximum Gasteiger partial charge on any atom is 0.306 e. The number of carboxylic acids is 3. The first-order valence-corrected chi connectivity index (χ1v) is 6.47. The minimum absolute atomic E-state index is 0.0998. The minimum Gasteiger partial charge on any atom is -0.481 e. The van der Waals surface area contributed by atoms with Gasteiger partial charge in [-0.2, -0.15) is 0 Å². The molecule has 110 valence electrons. The summed E-state index contributed by atoms with van der Waals surface area (Å²) in [6, 6.07) is 0. The van der Waals surface area contributed by atoms with Crippen LogP contribution in [0.25, 0.3) is 0 Å². The predicted molar refractivity (Wildman–Crippen MR) is 67.8 cm³/mol. The highest BCUT2D eigenvalue weighted by Gasteiger charge is 2.25. The van der Waals surface area contributed by atoms with Gasteiger partial charge in [0.25, 0.3) is 0 Å². The lowest BCUT2D eigenvalue weighted by Crippen LogP contribution is -2.23. The summed E-state index contributed by atoms with van der Waals surface area (Å²) in [7, 11) is 0. The average molecular weight is 274 g/mol. The summed E-state index contributed by atoms with van der Waals surface area (Å²) in [4.78, 5) is 32.6. The van der Waals surface area contributed by atoms with Crippen molar-refractivity contribution in [2.75, 3.05) is 0 Å². The number of rotatable bonds is 10. The van der Waals surface area contributed by atoms with Crippen molar-refractivity contribution in [2.45, 2.75) is 46.0 Å². The largest absolute Gasteiger partial charge is 0.481 e. The van der Waals surface area contributed by atoms with Gasteiger partial charge in [-0.25, -0.2) is 0 Å². The second kappa shape index (κ2) is 8.50. The summed E-state index contributed by atoms with van der Waals surface area (Å²) in [6.07, 6.45) is 1.69. The van der Waals surface area contributed by atoms with Gasteiger partial charge in [0, 0.05) is 0 Å². The Morgan fingerprint density at radius 3 is 1.79 bits per heavy atom. The van der Waals surface area contributed by atoms with Crippen LogP contribution in [0, 0.1) is 17.8 Å². The first-order valence-electron chi connectivity index (χ1n) is 6.47. The Morgan fingerprint density at radius 2 is 1.42 bits per heavy atom. The van der Waals surface area contributed by atoms with Crippen molar-refractivity contribution in [1.29, 1.82) is 0 Å². The van der Waals surface area contributed by atoms with Crippen LogP contribution in [0.1, 0.15) is 46.0 Å². The fraction of sp³-hybridized carbons (Fsp3) is 0.769. The quantitative estimate of drug-likeness (QED) is 0.562. The van der Waals surface area contributed by atoms with Crippen LogP contribution in [0.5, 0.6) is 0 Å². The molecule has 0 spiro atoms. The lowest BCUT2D eigenvalue weighted by molar-refractivity contribution is -0.146. The van der Waals surface area contributed by atoms with Crippen LogP contribution in [0.4, 0.5) is 0 Å². The van der Waals surface area contributed by atoms with E-state index in [-0.39, 0.29) is 6.42 Å². The molecular formula is C13H22O6. The molecule has 0 radical (unpaired) electrons. The van der Waals surface area contributed by atoms with Gasteiger partial charge in [0.2, 0.25) is 0 Å². The van der Waals surface area contributed by atoms with E-state index in [0.29, 0.717) is 25.7 Å². The van der Waals surface area contributed by atoms with Crippen molar-refractivity contribution in [3.05, 3.63) is 0 Å². The van der Waals surface area contributed by atoms with Crippen molar-refractivity contribution in [3.63, 3.8) is 0 Å². The molecule has 3 unspecified atom stereocenters. The Kier molecular flexibility index (Phi) is 7.79. The fourth-order valence-electron chi connectivity index (χ4n) is 1.92. The van der Waals surface area contributed by atoms with E-state index in [4.69, 9.17) is 15.3 Å². The van der Waals surface area contributed by atoms with E-state index < -0.39 is 35.7 Å². The van der Waals surface area contributed by atoms with E-state index in [1.807, 2.05) is 0 Å². The molecule has 6 heteroatoms. The second-order valence-electron chi connectivity index (χ2n) is 4.88. The summed E-state index contributed by atoms with van der Waals surface area (Å²) >= 11 is 0. The number of aliphatic carboxylic acids is 3. The average Bonchev–Trinajstić information content (AvgIpc) is 2.31. The Hall–Kier alpha value is -1.59. The summed E-state index contributed by atoms with van der Waals surface area (Å²) in [5.74, 6) is -4.77. The van der Waals surface area contributed by atoms with Crippen LogP contribution >= 0.6 is 0 Å². The molecule has 0 rings (SSSR count). The van der Waals surface area contributed by atoms with Crippen molar-refractivity contribution in [1.82, 2.24) is 0 Å². The Bertz CT molecular complexity index is 325. The molecule has 19 heavy (non-hydrogen) atoms. The highest BCUT2D eigenvalue weighted by molar-refractivity contribution is 5.73. The molecular weight excluding hydrogens is 252 g/mol.